The molecule has 45 heavy (non-hydrogen) atoms. The van der Waals surface area contributed by atoms with E-state index >= 15 is 0 Å². The number of nitrogens with one attached hydrogen (secondary N) is 1. The van der Waals surface area contributed by atoms with Gasteiger partial charge in [0.05, 0.1) is 10.6 Å². The molecular weight excluding hydrogens is 629 g/mol. The Bertz CT molecular complexity index is 1680. The first-order valence-corrected chi connectivity index (χ1v) is 17.1. The fourth-order valence-electron chi connectivity index (χ4n) is 5.62. The minimum atomic E-state index is -4.16. The van der Waals surface area contributed by atoms with Gasteiger partial charge in [0.2, 0.25) is 11.8 Å². The maximum Gasteiger partial charge on any atom is 0.264 e. The molecule has 0 radical (unpaired) electrons. The maximum absolute atomic E-state index is 14.6. The van der Waals surface area contributed by atoms with Crippen molar-refractivity contribution in [1.29, 1.82) is 0 Å². The van der Waals surface area contributed by atoms with Gasteiger partial charge in [-0.2, -0.15) is 0 Å². The van der Waals surface area contributed by atoms with E-state index in [4.69, 9.17) is 23.2 Å². The topological polar surface area (TPSA) is 86.8 Å². The van der Waals surface area contributed by atoms with Gasteiger partial charge in [0.1, 0.15) is 12.6 Å². The molecule has 1 aliphatic carbocycles. The molecule has 1 saturated carbocycles. The molecule has 0 aromatic heterocycles. The monoisotopic (exact) mass is 663 g/mol. The van der Waals surface area contributed by atoms with Gasteiger partial charge in [0.15, 0.2) is 0 Å². The molecule has 1 N–H and O–H groups in total. The van der Waals surface area contributed by atoms with E-state index in [9.17, 15) is 18.0 Å². The van der Waals surface area contributed by atoms with E-state index in [1.165, 1.54) is 17.0 Å². The molecule has 0 spiro atoms. The number of benzene rings is 4. The maximum atomic E-state index is 14.6. The zero-order valence-corrected chi connectivity index (χ0v) is 27.0. The van der Waals surface area contributed by atoms with Crippen molar-refractivity contribution in [3.8, 4) is 0 Å². The van der Waals surface area contributed by atoms with Crippen LogP contribution in [0.2, 0.25) is 10.0 Å². The van der Waals surface area contributed by atoms with Crippen LogP contribution in [0.5, 0.6) is 0 Å². The first-order valence-electron chi connectivity index (χ1n) is 14.9. The van der Waals surface area contributed by atoms with Crippen LogP contribution in [-0.4, -0.2) is 43.8 Å². The van der Waals surface area contributed by atoms with Crippen LogP contribution < -0.4 is 9.62 Å². The quantitative estimate of drug-likeness (QED) is 0.179. The summed E-state index contributed by atoms with van der Waals surface area (Å²) in [4.78, 5) is 30.1. The van der Waals surface area contributed by atoms with Crippen LogP contribution in [0.1, 0.15) is 36.8 Å². The van der Waals surface area contributed by atoms with E-state index in [1.807, 2.05) is 30.3 Å². The van der Waals surface area contributed by atoms with Crippen LogP contribution in [0.3, 0.4) is 0 Å². The highest BCUT2D eigenvalue weighted by Crippen LogP contribution is 2.29. The van der Waals surface area contributed by atoms with Crippen molar-refractivity contribution in [3.63, 3.8) is 0 Å². The smallest absolute Gasteiger partial charge is 0.264 e. The molecular formula is C35H35Cl2N3O4S. The van der Waals surface area contributed by atoms with Crippen molar-refractivity contribution in [2.24, 2.45) is 0 Å². The van der Waals surface area contributed by atoms with E-state index in [2.05, 4.69) is 5.32 Å². The van der Waals surface area contributed by atoms with Gasteiger partial charge in [-0.05, 0) is 54.8 Å². The number of carbonyl (C=O) groups excluding carboxylic acids is 2. The van der Waals surface area contributed by atoms with E-state index in [-0.39, 0.29) is 29.8 Å². The molecule has 1 aliphatic rings. The average molecular weight is 665 g/mol. The van der Waals surface area contributed by atoms with Crippen LogP contribution >= 0.6 is 23.2 Å². The molecule has 1 atom stereocenters. The number of amides is 2. The van der Waals surface area contributed by atoms with Crippen molar-refractivity contribution in [1.82, 2.24) is 10.2 Å². The molecule has 4 aromatic carbocycles. The molecule has 1 fully saturated rings. The van der Waals surface area contributed by atoms with Gasteiger partial charge in [0, 0.05) is 34.6 Å². The Labute approximate surface area is 274 Å². The third-order valence-corrected chi connectivity index (χ3v) is 10.5. The van der Waals surface area contributed by atoms with Crippen LogP contribution in [0.25, 0.3) is 0 Å². The third-order valence-electron chi connectivity index (χ3n) is 8.02. The van der Waals surface area contributed by atoms with Gasteiger partial charge in [-0.3, -0.25) is 13.9 Å². The number of carbonyl (C=O) groups is 2. The number of anilines is 1. The van der Waals surface area contributed by atoms with Crippen LogP contribution in [0, 0.1) is 0 Å². The molecule has 234 valence electrons. The van der Waals surface area contributed by atoms with E-state index in [0.29, 0.717) is 21.3 Å². The molecule has 0 aliphatic heterocycles. The lowest BCUT2D eigenvalue weighted by Crippen LogP contribution is -2.54. The summed E-state index contributed by atoms with van der Waals surface area (Å²) in [6.07, 6.45) is 3.99. The molecule has 10 heteroatoms. The largest absolute Gasteiger partial charge is 0.352 e. The van der Waals surface area contributed by atoms with Crippen molar-refractivity contribution in [2.45, 2.75) is 55.6 Å². The standard InChI is InChI=1S/C35H35Cl2N3O4S/c36-31-21-12-22-32(37)30(31)24-39(33(23-26-13-4-1-5-14-26)35(42)38-27-15-10-11-16-27)34(41)25-40(28-17-6-2-7-18-28)45(43,44)29-19-8-3-9-20-29/h1-9,12-14,17-22,27,33H,10-11,15-16,23-25H2,(H,38,42)/t33-/m0/s1. The van der Waals surface area contributed by atoms with Gasteiger partial charge in [0.25, 0.3) is 10.0 Å². The van der Waals surface area contributed by atoms with Gasteiger partial charge < -0.3 is 10.2 Å². The Morgan fingerprint density at radius 2 is 1.33 bits per heavy atom. The van der Waals surface area contributed by atoms with Crippen LogP contribution in [0.4, 0.5) is 5.69 Å². The van der Waals surface area contributed by atoms with Crippen LogP contribution in [-0.2, 0) is 32.6 Å². The minimum absolute atomic E-state index is 0.0101. The number of rotatable bonds is 12. The fraction of sp³-hybridized carbons (Fsp3) is 0.257. The number of hydrogen-bond donors (Lipinski definition) is 1. The Hall–Kier alpha value is -3.85. The summed E-state index contributed by atoms with van der Waals surface area (Å²) in [5.41, 5.74) is 1.64. The summed E-state index contributed by atoms with van der Waals surface area (Å²) in [6.45, 7) is -0.647. The zero-order valence-electron chi connectivity index (χ0n) is 24.7. The summed E-state index contributed by atoms with van der Waals surface area (Å²) in [5, 5.41) is 3.84. The minimum Gasteiger partial charge on any atom is -0.352 e. The second-order valence-electron chi connectivity index (χ2n) is 11.1. The highest BCUT2D eigenvalue weighted by atomic mass is 35.5. The molecule has 7 nitrogen and oxygen atoms in total. The lowest BCUT2D eigenvalue weighted by molar-refractivity contribution is -0.140. The summed E-state index contributed by atoms with van der Waals surface area (Å²) in [5.74, 6) is -0.878. The zero-order chi connectivity index (χ0) is 31.8. The number of para-hydroxylation sites is 1. The molecule has 0 heterocycles. The lowest BCUT2D eigenvalue weighted by atomic mass is 10.0. The second-order valence-corrected chi connectivity index (χ2v) is 13.8. The summed E-state index contributed by atoms with van der Waals surface area (Å²) in [6, 6.07) is 30.0. The fourth-order valence-corrected chi connectivity index (χ4v) is 7.57. The first-order chi connectivity index (χ1) is 21.7. The molecule has 0 bridgehead atoms. The van der Waals surface area contributed by atoms with Crippen molar-refractivity contribution in [2.75, 3.05) is 10.8 Å². The van der Waals surface area contributed by atoms with Crippen molar-refractivity contribution < 1.29 is 18.0 Å². The summed E-state index contributed by atoms with van der Waals surface area (Å²) < 4.78 is 29.1. The highest BCUT2D eigenvalue weighted by molar-refractivity contribution is 7.92. The third kappa shape index (κ3) is 8.06. The van der Waals surface area contributed by atoms with Crippen molar-refractivity contribution in [3.05, 3.63) is 130 Å². The molecule has 2 amide bonds. The molecule has 0 unspecified atom stereocenters. The predicted octanol–water partition coefficient (Wildman–Crippen LogP) is 6.89. The Balaban J connectivity index is 1.58. The number of hydrogen-bond acceptors (Lipinski definition) is 4. The average Bonchev–Trinajstić information content (AvgIpc) is 3.57. The Kier molecular flexibility index (Phi) is 10.8. The van der Waals surface area contributed by atoms with Gasteiger partial charge in [-0.15, -0.1) is 0 Å². The lowest BCUT2D eigenvalue weighted by Gasteiger charge is -2.34. The number of halogens is 2. The number of nitrogens with zero attached hydrogens (tertiary/aromatic N) is 2. The second kappa shape index (κ2) is 15.0. The SMILES string of the molecule is O=C(NC1CCCC1)[C@H](Cc1ccccc1)N(Cc1c(Cl)cccc1Cl)C(=O)CN(c1ccccc1)S(=O)(=O)c1ccccc1. The summed E-state index contributed by atoms with van der Waals surface area (Å²) in [7, 11) is -4.16. The van der Waals surface area contributed by atoms with E-state index in [1.54, 1.807) is 66.7 Å². The first kappa shape index (κ1) is 32.5. The van der Waals surface area contributed by atoms with Gasteiger partial charge in [-0.1, -0.05) is 109 Å². The van der Waals surface area contributed by atoms with Gasteiger partial charge in [-0.25, -0.2) is 8.42 Å². The Morgan fingerprint density at radius 3 is 1.93 bits per heavy atom. The van der Waals surface area contributed by atoms with E-state index in [0.717, 1.165) is 35.6 Å². The highest BCUT2D eigenvalue weighted by Gasteiger charge is 2.36. The number of sulfonamides is 1. The van der Waals surface area contributed by atoms with Gasteiger partial charge >= 0.3 is 0 Å². The molecule has 5 rings (SSSR count). The Morgan fingerprint density at radius 1 is 0.778 bits per heavy atom. The predicted molar refractivity (Wildman–Crippen MR) is 179 cm³/mol. The van der Waals surface area contributed by atoms with Crippen LogP contribution in [0.15, 0.2) is 114 Å². The summed E-state index contributed by atoms with van der Waals surface area (Å²) >= 11 is 13.2. The normalized spacial score (nSPS) is 14.1. The molecule has 0 saturated heterocycles. The van der Waals surface area contributed by atoms with Crippen molar-refractivity contribution >= 4 is 50.7 Å². The van der Waals surface area contributed by atoms with E-state index < -0.39 is 28.5 Å². The molecule has 4 aromatic rings.